The molecule has 1 atom stereocenters. The number of likely N-dealkylation sites (tertiary alicyclic amines) is 1. The number of aromatic nitrogens is 2. The van der Waals surface area contributed by atoms with Gasteiger partial charge in [-0.05, 0) is 25.5 Å². The molecule has 7 nitrogen and oxygen atoms in total. The normalized spacial score (nSPS) is 19.9. The Balaban J connectivity index is 1.42. The lowest BCUT2D eigenvalue weighted by Crippen LogP contribution is -2.59. The van der Waals surface area contributed by atoms with Crippen molar-refractivity contribution in [1.29, 1.82) is 5.26 Å². The molecule has 3 aliphatic rings. The van der Waals surface area contributed by atoms with Gasteiger partial charge >= 0.3 is 0 Å². The third-order valence-corrected chi connectivity index (χ3v) is 8.80. The summed E-state index contributed by atoms with van der Waals surface area (Å²) in [5.41, 5.74) is 5.65. The fourth-order valence-electron chi connectivity index (χ4n) is 5.91. The quantitative estimate of drug-likeness (QED) is 0.474. The number of carbonyl (C=O) groups excluding carboxylic acids is 1. The maximum atomic E-state index is 15.1. The Bertz CT molecular complexity index is 1460. The van der Waals surface area contributed by atoms with E-state index in [9.17, 15) is 10.1 Å². The number of nitriles is 1. The van der Waals surface area contributed by atoms with Gasteiger partial charge in [0.25, 0.3) is 0 Å². The lowest BCUT2D eigenvalue weighted by Gasteiger charge is -2.47. The summed E-state index contributed by atoms with van der Waals surface area (Å²) in [7, 11) is 0. The zero-order valence-corrected chi connectivity index (χ0v) is 21.4. The minimum absolute atomic E-state index is 0.0213. The molecule has 2 saturated heterocycles. The van der Waals surface area contributed by atoms with Gasteiger partial charge in [0.15, 0.2) is 0 Å². The number of hydrogen-bond donors (Lipinski definition) is 0. The van der Waals surface area contributed by atoms with Crippen molar-refractivity contribution >= 4 is 23.1 Å². The number of amides is 1. The summed E-state index contributed by atoms with van der Waals surface area (Å²) in [6, 6.07) is 8.91. The molecular formula is C28H26FN5O2S. The second-order valence-corrected chi connectivity index (χ2v) is 11.0. The molecule has 1 aromatic carbocycles. The Morgan fingerprint density at radius 3 is 2.86 bits per heavy atom. The van der Waals surface area contributed by atoms with E-state index < -0.39 is 0 Å². The maximum Gasteiger partial charge on any atom is 0.245 e. The molecule has 37 heavy (non-hydrogen) atoms. The number of hydrogen-bond acceptors (Lipinski definition) is 7. The standard InChI is InChI=1S/C28H26FN5O2S/c1-3-24(35)34-14-28(15-34)8-9-33(13-28)27-19(11-30)25(18-6-4-5-7-21(18)29)20-12-36-23(10-22(20)32-27)26-17(2)31-16-37-26/h3-7,16,23H,1,8-10,12-15H2,2H3/t23-/m1/s1. The number of fused-ring (bicyclic) bond motifs is 1. The molecular weight excluding hydrogens is 489 g/mol. The first kappa shape index (κ1) is 23.8. The highest BCUT2D eigenvalue weighted by atomic mass is 32.1. The smallest absolute Gasteiger partial charge is 0.245 e. The summed E-state index contributed by atoms with van der Waals surface area (Å²) in [6.07, 6.45) is 2.59. The number of halogens is 1. The number of ether oxygens (including phenoxy) is 1. The van der Waals surface area contributed by atoms with Crippen LogP contribution in [0, 0.1) is 29.5 Å². The van der Waals surface area contributed by atoms with Crippen LogP contribution in [-0.2, 0) is 22.6 Å². The number of pyridine rings is 1. The van der Waals surface area contributed by atoms with E-state index in [0.29, 0.717) is 48.6 Å². The Morgan fingerprint density at radius 1 is 1.35 bits per heavy atom. The van der Waals surface area contributed by atoms with E-state index in [4.69, 9.17) is 9.72 Å². The molecule has 0 radical (unpaired) electrons. The lowest BCUT2D eigenvalue weighted by atomic mass is 9.79. The van der Waals surface area contributed by atoms with Crippen LogP contribution in [0.1, 0.15) is 39.9 Å². The van der Waals surface area contributed by atoms with Crippen molar-refractivity contribution in [2.24, 2.45) is 5.41 Å². The summed E-state index contributed by atoms with van der Waals surface area (Å²) < 4.78 is 21.4. The van der Waals surface area contributed by atoms with Crippen LogP contribution in [0.5, 0.6) is 0 Å². The molecule has 0 unspecified atom stereocenters. The van der Waals surface area contributed by atoms with Crippen LogP contribution < -0.4 is 4.90 Å². The van der Waals surface area contributed by atoms with E-state index in [2.05, 4.69) is 22.5 Å². The third-order valence-electron chi connectivity index (χ3n) is 7.78. The van der Waals surface area contributed by atoms with Crippen LogP contribution in [0.15, 0.2) is 42.4 Å². The van der Waals surface area contributed by atoms with E-state index in [0.717, 1.165) is 34.8 Å². The average molecular weight is 516 g/mol. The fraction of sp³-hybridized carbons (Fsp3) is 0.357. The van der Waals surface area contributed by atoms with Crippen LogP contribution in [-0.4, -0.2) is 47.0 Å². The zero-order valence-electron chi connectivity index (χ0n) is 20.5. The third kappa shape index (κ3) is 3.92. The molecule has 0 N–H and O–H groups in total. The number of thiazole rings is 1. The number of benzene rings is 1. The number of rotatable bonds is 4. The molecule has 5 heterocycles. The highest BCUT2D eigenvalue weighted by molar-refractivity contribution is 7.09. The molecule has 0 saturated carbocycles. The molecule has 0 bridgehead atoms. The van der Waals surface area contributed by atoms with E-state index in [-0.39, 0.29) is 29.9 Å². The molecule has 1 amide bonds. The van der Waals surface area contributed by atoms with Crippen molar-refractivity contribution in [2.45, 2.75) is 32.5 Å². The minimum atomic E-state index is -0.380. The van der Waals surface area contributed by atoms with Crippen molar-refractivity contribution in [3.63, 3.8) is 0 Å². The van der Waals surface area contributed by atoms with Gasteiger partial charge in [0.05, 0.1) is 34.5 Å². The van der Waals surface area contributed by atoms with Gasteiger partial charge < -0.3 is 14.5 Å². The maximum absolute atomic E-state index is 15.1. The SMILES string of the molecule is C=CC(=O)N1CC2(CCN(c3nc4c(c(-c5ccccc5F)c3C#N)CO[C@@H](c3scnc3C)C4)C2)C1. The van der Waals surface area contributed by atoms with Crippen LogP contribution in [0.4, 0.5) is 10.2 Å². The largest absolute Gasteiger partial charge is 0.367 e. The summed E-state index contributed by atoms with van der Waals surface area (Å²) in [5, 5.41) is 10.3. The molecule has 188 valence electrons. The molecule has 1 spiro atoms. The number of anilines is 1. The second-order valence-electron chi connectivity index (χ2n) is 10.1. The van der Waals surface area contributed by atoms with Crippen LogP contribution in [0.25, 0.3) is 11.1 Å². The monoisotopic (exact) mass is 515 g/mol. The summed E-state index contributed by atoms with van der Waals surface area (Å²) in [6.45, 7) is 8.55. The van der Waals surface area contributed by atoms with Gasteiger partial charge in [-0.2, -0.15) is 5.26 Å². The first-order chi connectivity index (χ1) is 17.9. The van der Waals surface area contributed by atoms with Crippen molar-refractivity contribution in [2.75, 3.05) is 31.1 Å². The van der Waals surface area contributed by atoms with E-state index >= 15 is 4.39 Å². The van der Waals surface area contributed by atoms with E-state index in [1.165, 1.54) is 12.1 Å². The molecule has 6 rings (SSSR count). The van der Waals surface area contributed by atoms with Gasteiger partial charge in [0.1, 0.15) is 23.3 Å². The fourth-order valence-corrected chi connectivity index (χ4v) is 6.76. The summed E-state index contributed by atoms with van der Waals surface area (Å²) in [5.74, 6) is 0.153. The number of carbonyl (C=O) groups is 1. The predicted octanol–water partition coefficient (Wildman–Crippen LogP) is 4.56. The van der Waals surface area contributed by atoms with Crippen LogP contribution in [0.3, 0.4) is 0 Å². The topological polar surface area (TPSA) is 82.4 Å². The van der Waals surface area contributed by atoms with Crippen molar-refractivity contribution in [3.05, 3.63) is 75.6 Å². The zero-order chi connectivity index (χ0) is 25.7. The molecule has 0 aliphatic carbocycles. The van der Waals surface area contributed by atoms with E-state index in [1.807, 2.05) is 12.4 Å². The highest BCUT2D eigenvalue weighted by Crippen LogP contribution is 2.45. The van der Waals surface area contributed by atoms with Crippen LogP contribution >= 0.6 is 11.3 Å². The number of nitrogens with zero attached hydrogens (tertiary/aromatic N) is 5. The summed E-state index contributed by atoms with van der Waals surface area (Å²) >= 11 is 1.56. The number of aryl methyl sites for hydroxylation is 1. The van der Waals surface area contributed by atoms with Crippen molar-refractivity contribution in [3.8, 4) is 17.2 Å². The highest BCUT2D eigenvalue weighted by Gasteiger charge is 2.49. The molecule has 2 fully saturated rings. The van der Waals surface area contributed by atoms with Crippen molar-refractivity contribution < 1.29 is 13.9 Å². The Kier molecular flexibility index (Phi) is 5.81. The predicted molar refractivity (Wildman–Crippen MR) is 138 cm³/mol. The molecule has 2 aromatic heterocycles. The Morgan fingerprint density at radius 2 is 2.16 bits per heavy atom. The summed E-state index contributed by atoms with van der Waals surface area (Å²) in [4.78, 5) is 26.4. The van der Waals surface area contributed by atoms with Gasteiger partial charge in [-0.1, -0.05) is 24.8 Å². The lowest BCUT2D eigenvalue weighted by molar-refractivity contribution is -0.136. The first-order valence-corrected chi connectivity index (χ1v) is 13.2. The molecule has 9 heteroatoms. The first-order valence-electron chi connectivity index (χ1n) is 12.3. The van der Waals surface area contributed by atoms with Gasteiger partial charge in [-0.15, -0.1) is 11.3 Å². The van der Waals surface area contributed by atoms with E-state index in [1.54, 1.807) is 34.4 Å². The average Bonchev–Trinajstić information content (AvgIpc) is 3.53. The molecule has 3 aliphatic heterocycles. The van der Waals surface area contributed by atoms with Crippen molar-refractivity contribution in [1.82, 2.24) is 14.9 Å². The second kappa shape index (κ2) is 9.05. The van der Waals surface area contributed by atoms with Gasteiger partial charge in [-0.25, -0.2) is 14.4 Å². The Hall–Kier alpha value is -3.61. The van der Waals surface area contributed by atoms with Gasteiger partial charge in [0.2, 0.25) is 5.91 Å². The van der Waals surface area contributed by atoms with Gasteiger partial charge in [-0.3, -0.25) is 4.79 Å². The van der Waals surface area contributed by atoms with Gasteiger partial charge in [0, 0.05) is 54.7 Å². The minimum Gasteiger partial charge on any atom is -0.367 e. The molecule has 3 aromatic rings. The Labute approximate surface area is 218 Å². The van der Waals surface area contributed by atoms with Crippen LogP contribution in [0.2, 0.25) is 0 Å².